The van der Waals surface area contributed by atoms with Crippen LogP contribution >= 0.6 is 0 Å². The van der Waals surface area contributed by atoms with Crippen molar-refractivity contribution in [2.24, 2.45) is 0 Å². The van der Waals surface area contributed by atoms with Gasteiger partial charge < -0.3 is 15.2 Å². The largest absolute Gasteiger partial charge is 0.434 e. The number of anilines is 1. The molecule has 0 bridgehead atoms. The summed E-state index contributed by atoms with van der Waals surface area (Å²) in [5, 5.41) is 17.2. The fourth-order valence-corrected chi connectivity index (χ4v) is 2.03. The number of benzene rings is 1. The van der Waals surface area contributed by atoms with Gasteiger partial charge in [-0.25, -0.2) is 13.9 Å². The van der Waals surface area contributed by atoms with Crippen LogP contribution in [0.2, 0.25) is 0 Å². The van der Waals surface area contributed by atoms with E-state index in [9.17, 15) is 9.50 Å². The van der Waals surface area contributed by atoms with Crippen molar-refractivity contribution in [2.45, 2.75) is 19.4 Å². The van der Waals surface area contributed by atoms with Crippen molar-refractivity contribution in [3.8, 4) is 11.6 Å². The lowest BCUT2D eigenvalue weighted by Crippen LogP contribution is -2.29. The number of aliphatic hydroxyl groups is 1. The third-order valence-electron chi connectivity index (χ3n) is 3.10. The number of rotatable bonds is 5. The molecule has 23 heavy (non-hydrogen) atoms. The highest BCUT2D eigenvalue weighted by Gasteiger charge is 2.15. The Hall–Kier alpha value is -2.67. The SMILES string of the molecule is CC(C)(O)CNc1cc(Oc2ccccc2F)nn2ccnc12. The Bertz CT molecular complexity index is 826. The van der Waals surface area contributed by atoms with Gasteiger partial charge in [-0.1, -0.05) is 12.1 Å². The number of hydrogen-bond donors (Lipinski definition) is 2. The third kappa shape index (κ3) is 3.57. The van der Waals surface area contributed by atoms with Gasteiger partial charge in [-0.2, -0.15) is 0 Å². The molecule has 0 unspecified atom stereocenters. The highest BCUT2D eigenvalue weighted by Crippen LogP contribution is 2.26. The zero-order valence-corrected chi connectivity index (χ0v) is 12.8. The molecular formula is C16H17FN4O2. The maximum atomic E-state index is 13.7. The van der Waals surface area contributed by atoms with E-state index >= 15 is 0 Å². The molecule has 120 valence electrons. The number of nitrogens with one attached hydrogen (secondary N) is 1. The Kier molecular flexibility index (Phi) is 3.87. The summed E-state index contributed by atoms with van der Waals surface area (Å²) in [7, 11) is 0. The van der Waals surface area contributed by atoms with Gasteiger partial charge in [0.2, 0.25) is 5.88 Å². The first kappa shape index (κ1) is 15.2. The van der Waals surface area contributed by atoms with E-state index in [1.54, 1.807) is 44.4 Å². The summed E-state index contributed by atoms with van der Waals surface area (Å²) in [6.45, 7) is 3.71. The molecule has 0 aliphatic rings. The fraction of sp³-hybridized carbons (Fsp3) is 0.250. The average molecular weight is 316 g/mol. The molecule has 0 amide bonds. The number of para-hydroxylation sites is 1. The van der Waals surface area contributed by atoms with Gasteiger partial charge in [0.15, 0.2) is 17.2 Å². The molecule has 0 aliphatic heterocycles. The summed E-state index contributed by atoms with van der Waals surface area (Å²) in [6, 6.07) is 7.74. The van der Waals surface area contributed by atoms with Crippen LogP contribution in [0.3, 0.4) is 0 Å². The number of imidazole rings is 1. The van der Waals surface area contributed by atoms with Crippen molar-refractivity contribution in [2.75, 3.05) is 11.9 Å². The van der Waals surface area contributed by atoms with Crippen molar-refractivity contribution in [1.29, 1.82) is 0 Å². The minimum atomic E-state index is -0.889. The quantitative estimate of drug-likeness (QED) is 0.757. The molecule has 0 saturated carbocycles. The van der Waals surface area contributed by atoms with Crippen LogP contribution in [0.5, 0.6) is 11.6 Å². The molecule has 0 spiro atoms. The second kappa shape index (κ2) is 5.85. The van der Waals surface area contributed by atoms with Gasteiger partial charge in [-0.15, -0.1) is 5.10 Å². The van der Waals surface area contributed by atoms with E-state index in [1.807, 2.05) is 0 Å². The fourth-order valence-electron chi connectivity index (χ4n) is 2.03. The lowest BCUT2D eigenvalue weighted by Gasteiger charge is -2.19. The zero-order valence-electron chi connectivity index (χ0n) is 12.8. The van der Waals surface area contributed by atoms with E-state index in [-0.39, 0.29) is 11.6 Å². The number of nitrogens with zero attached hydrogens (tertiary/aromatic N) is 3. The predicted octanol–water partition coefficient (Wildman–Crippen LogP) is 2.84. The molecular weight excluding hydrogens is 299 g/mol. The summed E-state index contributed by atoms with van der Waals surface area (Å²) < 4.78 is 20.8. The maximum absolute atomic E-state index is 13.7. The average Bonchev–Trinajstić information content (AvgIpc) is 2.95. The summed E-state index contributed by atoms with van der Waals surface area (Å²) in [4.78, 5) is 4.21. The van der Waals surface area contributed by atoms with E-state index in [2.05, 4.69) is 15.4 Å². The lowest BCUT2D eigenvalue weighted by atomic mass is 10.1. The monoisotopic (exact) mass is 316 g/mol. The highest BCUT2D eigenvalue weighted by molar-refractivity contribution is 5.68. The van der Waals surface area contributed by atoms with Crippen LogP contribution < -0.4 is 10.1 Å². The van der Waals surface area contributed by atoms with E-state index in [1.165, 1.54) is 16.6 Å². The number of halogens is 1. The van der Waals surface area contributed by atoms with Gasteiger partial charge in [-0.3, -0.25) is 0 Å². The highest BCUT2D eigenvalue weighted by atomic mass is 19.1. The molecule has 0 fully saturated rings. The number of ether oxygens (including phenoxy) is 1. The van der Waals surface area contributed by atoms with E-state index in [4.69, 9.17) is 4.74 Å². The van der Waals surface area contributed by atoms with Crippen LogP contribution in [0.15, 0.2) is 42.7 Å². The standard InChI is InChI=1S/C16H17FN4O2/c1-16(2,22)10-19-12-9-14(20-21-8-7-18-15(12)21)23-13-6-4-3-5-11(13)17/h3-9,19,22H,10H2,1-2H3. The van der Waals surface area contributed by atoms with Crippen LogP contribution in [-0.4, -0.2) is 31.9 Å². The van der Waals surface area contributed by atoms with Crippen molar-refractivity contribution in [1.82, 2.24) is 14.6 Å². The second-order valence-corrected chi connectivity index (χ2v) is 5.79. The minimum Gasteiger partial charge on any atom is -0.434 e. The Morgan fingerprint density at radius 3 is 2.87 bits per heavy atom. The van der Waals surface area contributed by atoms with E-state index in [0.717, 1.165) is 0 Å². The smallest absolute Gasteiger partial charge is 0.239 e. The maximum Gasteiger partial charge on any atom is 0.239 e. The first-order chi connectivity index (χ1) is 10.9. The van der Waals surface area contributed by atoms with Gasteiger partial charge in [0.25, 0.3) is 0 Å². The normalized spacial score (nSPS) is 11.7. The molecule has 2 heterocycles. The second-order valence-electron chi connectivity index (χ2n) is 5.79. The molecule has 0 radical (unpaired) electrons. The molecule has 1 aromatic carbocycles. The van der Waals surface area contributed by atoms with E-state index < -0.39 is 11.4 Å². The lowest BCUT2D eigenvalue weighted by molar-refractivity contribution is 0.0945. The number of fused-ring (bicyclic) bond motifs is 1. The van der Waals surface area contributed by atoms with Crippen LogP contribution in [0.4, 0.5) is 10.1 Å². The van der Waals surface area contributed by atoms with Crippen LogP contribution in [0, 0.1) is 5.82 Å². The summed E-state index contributed by atoms with van der Waals surface area (Å²) in [5.41, 5.74) is 0.341. The van der Waals surface area contributed by atoms with Gasteiger partial charge in [0, 0.05) is 25.0 Å². The summed E-state index contributed by atoms with van der Waals surface area (Å²) in [5.74, 6) is -0.155. The van der Waals surface area contributed by atoms with Gasteiger partial charge >= 0.3 is 0 Å². The minimum absolute atomic E-state index is 0.0907. The molecule has 6 nitrogen and oxygen atoms in total. The Morgan fingerprint density at radius 1 is 1.35 bits per heavy atom. The molecule has 3 rings (SSSR count). The first-order valence-electron chi connectivity index (χ1n) is 7.15. The van der Waals surface area contributed by atoms with Crippen molar-refractivity contribution in [3.63, 3.8) is 0 Å². The number of hydrogen-bond acceptors (Lipinski definition) is 5. The van der Waals surface area contributed by atoms with Crippen molar-refractivity contribution in [3.05, 3.63) is 48.5 Å². The van der Waals surface area contributed by atoms with Crippen molar-refractivity contribution < 1.29 is 14.2 Å². The van der Waals surface area contributed by atoms with Crippen molar-refractivity contribution >= 4 is 11.3 Å². The molecule has 2 aromatic heterocycles. The Balaban J connectivity index is 1.94. The zero-order chi connectivity index (χ0) is 16.4. The predicted molar refractivity (Wildman–Crippen MR) is 84.2 cm³/mol. The Morgan fingerprint density at radius 2 is 2.13 bits per heavy atom. The van der Waals surface area contributed by atoms with Crippen LogP contribution in [0.25, 0.3) is 5.65 Å². The summed E-state index contributed by atoms with van der Waals surface area (Å²) >= 11 is 0. The molecule has 2 N–H and O–H groups in total. The molecule has 0 atom stereocenters. The topological polar surface area (TPSA) is 71.7 Å². The van der Waals surface area contributed by atoms with Crippen LogP contribution in [0.1, 0.15) is 13.8 Å². The molecule has 0 aliphatic carbocycles. The van der Waals surface area contributed by atoms with E-state index in [0.29, 0.717) is 17.9 Å². The molecule has 3 aromatic rings. The third-order valence-corrected chi connectivity index (χ3v) is 3.10. The Labute approximate surface area is 132 Å². The van der Waals surface area contributed by atoms with Gasteiger partial charge in [0.1, 0.15) is 0 Å². The molecule has 7 heteroatoms. The summed E-state index contributed by atoms with van der Waals surface area (Å²) in [6.07, 6.45) is 3.27. The first-order valence-corrected chi connectivity index (χ1v) is 7.15. The number of aromatic nitrogens is 3. The van der Waals surface area contributed by atoms with Gasteiger partial charge in [-0.05, 0) is 26.0 Å². The van der Waals surface area contributed by atoms with Gasteiger partial charge in [0.05, 0.1) is 11.3 Å². The van der Waals surface area contributed by atoms with Crippen LogP contribution in [-0.2, 0) is 0 Å². The molecule has 0 saturated heterocycles.